The van der Waals surface area contributed by atoms with Crippen molar-refractivity contribution in [3.8, 4) is 11.9 Å². The highest BCUT2D eigenvalue weighted by atomic mass is 16.3. The molecule has 0 saturated heterocycles. The van der Waals surface area contributed by atoms with E-state index in [2.05, 4.69) is 5.32 Å². The number of carbonyl (C=O) groups is 1. The van der Waals surface area contributed by atoms with Gasteiger partial charge in [-0.25, -0.2) is 4.57 Å². The van der Waals surface area contributed by atoms with Crippen molar-refractivity contribution in [1.29, 1.82) is 5.26 Å². The molecule has 6 nitrogen and oxygen atoms in total. The van der Waals surface area contributed by atoms with Gasteiger partial charge in [-0.3, -0.25) is 4.79 Å². The number of nitrogens with zero attached hydrogens (tertiary/aromatic N) is 3. The Balaban J connectivity index is 2.02. The van der Waals surface area contributed by atoms with E-state index in [0.29, 0.717) is 11.3 Å². The third-order valence-corrected chi connectivity index (χ3v) is 3.78. The SMILES string of the molecule is Cc1ccc(NC(=O)c2c([O-])[n+](CCC#N)c3ccccn23)cc1. The average Bonchev–Trinajstić information content (AvgIpc) is 2.86. The minimum absolute atomic E-state index is 0.0316. The summed E-state index contributed by atoms with van der Waals surface area (Å²) in [6.07, 6.45) is 1.87. The van der Waals surface area contributed by atoms with Gasteiger partial charge in [-0.15, -0.1) is 0 Å². The molecule has 24 heavy (non-hydrogen) atoms. The molecule has 0 aliphatic carbocycles. The smallest absolute Gasteiger partial charge is 0.299 e. The first-order valence-electron chi connectivity index (χ1n) is 7.56. The average molecular weight is 320 g/mol. The van der Waals surface area contributed by atoms with Gasteiger partial charge in [0, 0.05) is 11.8 Å². The van der Waals surface area contributed by atoms with Crippen LogP contribution in [0, 0.1) is 18.3 Å². The molecule has 3 rings (SSSR count). The van der Waals surface area contributed by atoms with Crippen LogP contribution in [0.3, 0.4) is 0 Å². The van der Waals surface area contributed by atoms with Crippen LogP contribution in [0.4, 0.5) is 5.69 Å². The molecule has 0 spiro atoms. The third kappa shape index (κ3) is 2.79. The summed E-state index contributed by atoms with van der Waals surface area (Å²) in [5.41, 5.74) is 2.33. The lowest BCUT2D eigenvalue weighted by atomic mass is 10.2. The molecule has 0 radical (unpaired) electrons. The van der Waals surface area contributed by atoms with Crippen LogP contribution in [0.2, 0.25) is 0 Å². The number of aryl methyl sites for hydroxylation is 2. The van der Waals surface area contributed by atoms with Gasteiger partial charge in [-0.2, -0.15) is 9.66 Å². The number of imidazole rings is 1. The molecule has 0 bridgehead atoms. The second-order valence-corrected chi connectivity index (χ2v) is 5.46. The maximum Gasteiger partial charge on any atom is 0.299 e. The number of pyridine rings is 1. The molecule has 1 N–H and O–H groups in total. The Kier molecular flexibility index (Phi) is 4.17. The molecule has 6 heteroatoms. The van der Waals surface area contributed by atoms with Crippen molar-refractivity contribution >= 4 is 17.2 Å². The highest BCUT2D eigenvalue weighted by Gasteiger charge is 2.24. The highest BCUT2D eigenvalue weighted by molar-refractivity contribution is 6.04. The maximum absolute atomic E-state index is 12.7. The Morgan fingerprint density at radius 1 is 1.29 bits per heavy atom. The van der Waals surface area contributed by atoms with Crippen molar-refractivity contribution in [2.45, 2.75) is 19.9 Å². The van der Waals surface area contributed by atoms with E-state index in [1.807, 2.05) is 25.1 Å². The summed E-state index contributed by atoms with van der Waals surface area (Å²) in [6, 6.07) is 14.7. The second-order valence-electron chi connectivity index (χ2n) is 5.46. The van der Waals surface area contributed by atoms with Crippen LogP contribution >= 0.6 is 0 Å². The number of amides is 1. The van der Waals surface area contributed by atoms with E-state index >= 15 is 0 Å². The van der Waals surface area contributed by atoms with E-state index < -0.39 is 11.8 Å². The van der Waals surface area contributed by atoms with Gasteiger partial charge in [0.15, 0.2) is 0 Å². The summed E-state index contributed by atoms with van der Waals surface area (Å²) >= 11 is 0. The van der Waals surface area contributed by atoms with Gasteiger partial charge in [-0.1, -0.05) is 23.8 Å². The van der Waals surface area contributed by atoms with Gasteiger partial charge in [-0.05, 0) is 25.1 Å². The number of hydrogen-bond donors (Lipinski definition) is 1. The number of nitrogens with one attached hydrogen (secondary N) is 1. The molecule has 3 aromatic rings. The van der Waals surface area contributed by atoms with E-state index in [9.17, 15) is 9.90 Å². The normalized spacial score (nSPS) is 10.5. The van der Waals surface area contributed by atoms with E-state index in [-0.39, 0.29) is 18.7 Å². The molecule has 0 unspecified atom stereocenters. The largest absolute Gasteiger partial charge is 0.839 e. The molecule has 120 valence electrons. The van der Waals surface area contributed by atoms with Crippen molar-refractivity contribution in [3.05, 3.63) is 59.9 Å². The number of hydrogen-bond acceptors (Lipinski definition) is 3. The van der Waals surface area contributed by atoms with Crippen molar-refractivity contribution in [2.24, 2.45) is 0 Å². The molecule has 0 aliphatic heterocycles. The molecule has 0 atom stereocenters. The number of nitriles is 1. The van der Waals surface area contributed by atoms with Crippen LogP contribution in [0.1, 0.15) is 22.5 Å². The zero-order chi connectivity index (χ0) is 17.1. The summed E-state index contributed by atoms with van der Waals surface area (Å²) in [5, 5.41) is 24.2. The van der Waals surface area contributed by atoms with Crippen molar-refractivity contribution in [3.63, 3.8) is 0 Å². The molecular formula is C18H16N4O2. The van der Waals surface area contributed by atoms with Crippen LogP contribution < -0.4 is 15.0 Å². The van der Waals surface area contributed by atoms with Crippen molar-refractivity contribution in [2.75, 3.05) is 5.32 Å². The molecule has 1 amide bonds. The number of anilines is 1. The number of aromatic nitrogens is 2. The lowest BCUT2D eigenvalue weighted by molar-refractivity contribution is -0.711. The first kappa shape index (κ1) is 15.6. The van der Waals surface area contributed by atoms with Gasteiger partial charge < -0.3 is 10.4 Å². The van der Waals surface area contributed by atoms with E-state index in [1.165, 1.54) is 4.57 Å². The summed E-state index contributed by atoms with van der Waals surface area (Å²) in [5.74, 6) is -0.873. The molecule has 0 fully saturated rings. The Morgan fingerprint density at radius 3 is 2.75 bits per heavy atom. The van der Waals surface area contributed by atoms with Crippen molar-refractivity contribution in [1.82, 2.24) is 4.40 Å². The Hall–Kier alpha value is -3.33. The van der Waals surface area contributed by atoms with Gasteiger partial charge in [0.1, 0.15) is 12.4 Å². The molecule has 2 heterocycles. The fourth-order valence-electron chi connectivity index (χ4n) is 2.59. The van der Waals surface area contributed by atoms with Crippen molar-refractivity contribution < 1.29 is 14.5 Å². The standard InChI is InChI=1S/C18H16N4O2/c1-13-6-8-14(9-7-13)20-17(23)16-18(24)22(12-4-10-19)15-5-2-3-11-21(15)16/h2-3,5-9,11H,4,12H2,1H3,(H-,20,23,24). The number of carbonyl (C=O) groups excluding carboxylic acids is 1. The summed E-state index contributed by atoms with van der Waals surface area (Å²) < 4.78 is 3.01. The quantitative estimate of drug-likeness (QED) is 0.744. The highest BCUT2D eigenvalue weighted by Crippen LogP contribution is 2.17. The number of benzene rings is 1. The van der Waals surface area contributed by atoms with Gasteiger partial charge in [0.2, 0.25) is 5.69 Å². The van der Waals surface area contributed by atoms with Crippen LogP contribution in [-0.2, 0) is 6.54 Å². The predicted octanol–water partition coefficient (Wildman–Crippen LogP) is 1.77. The van der Waals surface area contributed by atoms with Crippen LogP contribution in [0.15, 0.2) is 48.7 Å². The zero-order valence-electron chi connectivity index (χ0n) is 13.2. The zero-order valence-corrected chi connectivity index (χ0v) is 13.2. The lowest BCUT2D eigenvalue weighted by Gasteiger charge is -2.07. The Bertz CT molecular complexity index is 936. The fraction of sp³-hybridized carbons (Fsp3) is 0.167. The Labute approximate surface area is 139 Å². The summed E-state index contributed by atoms with van der Waals surface area (Å²) in [4.78, 5) is 12.6. The summed E-state index contributed by atoms with van der Waals surface area (Å²) in [7, 11) is 0. The molecular weight excluding hydrogens is 304 g/mol. The van der Waals surface area contributed by atoms with Gasteiger partial charge in [0.25, 0.3) is 11.6 Å². The third-order valence-electron chi connectivity index (χ3n) is 3.78. The molecule has 0 aliphatic rings. The van der Waals surface area contributed by atoms with E-state index in [1.54, 1.807) is 40.9 Å². The van der Waals surface area contributed by atoms with Gasteiger partial charge >= 0.3 is 0 Å². The van der Waals surface area contributed by atoms with Crippen LogP contribution in [0.25, 0.3) is 5.65 Å². The lowest BCUT2D eigenvalue weighted by Crippen LogP contribution is -2.36. The Morgan fingerprint density at radius 2 is 2.04 bits per heavy atom. The predicted molar refractivity (Wildman–Crippen MR) is 86.4 cm³/mol. The van der Waals surface area contributed by atoms with Crippen LogP contribution in [-0.4, -0.2) is 10.3 Å². The minimum Gasteiger partial charge on any atom is -0.839 e. The maximum atomic E-state index is 12.7. The van der Waals surface area contributed by atoms with E-state index in [4.69, 9.17) is 5.26 Å². The first-order chi connectivity index (χ1) is 11.6. The molecule has 1 aromatic carbocycles. The minimum atomic E-state index is -0.472. The number of rotatable bonds is 4. The van der Waals surface area contributed by atoms with Crippen LogP contribution in [0.5, 0.6) is 5.88 Å². The molecule has 2 aromatic heterocycles. The molecule has 0 saturated carbocycles. The fourth-order valence-corrected chi connectivity index (χ4v) is 2.59. The monoisotopic (exact) mass is 320 g/mol. The summed E-state index contributed by atoms with van der Waals surface area (Å²) in [6.45, 7) is 2.21. The van der Waals surface area contributed by atoms with E-state index in [0.717, 1.165) is 5.56 Å². The number of fused-ring (bicyclic) bond motifs is 1. The van der Waals surface area contributed by atoms with Gasteiger partial charge in [0.05, 0.1) is 18.7 Å². The second kappa shape index (κ2) is 6.42. The first-order valence-corrected chi connectivity index (χ1v) is 7.56. The topological polar surface area (TPSA) is 84.2 Å².